The van der Waals surface area contributed by atoms with Gasteiger partial charge in [-0.15, -0.1) is 0 Å². The number of hydrogen-bond acceptors (Lipinski definition) is 1. The first-order valence-corrected chi connectivity index (χ1v) is 7.02. The van der Waals surface area contributed by atoms with Gasteiger partial charge in [0.1, 0.15) is 10.3 Å². The minimum atomic E-state index is 0.462. The second-order valence-corrected chi connectivity index (χ2v) is 4.96. The van der Waals surface area contributed by atoms with E-state index in [9.17, 15) is 0 Å². The quantitative estimate of drug-likeness (QED) is 0.577. The van der Waals surface area contributed by atoms with Crippen LogP contribution in [0.5, 0.6) is 0 Å². The largest absolute Gasteiger partial charge is 0.224 e. The van der Waals surface area contributed by atoms with Crippen LogP contribution in [0.4, 0.5) is 0 Å². The van der Waals surface area contributed by atoms with Crippen molar-refractivity contribution in [2.75, 3.05) is 0 Å². The maximum absolute atomic E-state index is 6.10. The number of aromatic nitrogens is 1. The summed E-state index contributed by atoms with van der Waals surface area (Å²) in [6, 6.07) is 12.2. The predicted molar refractivity (Wildman–Crippen MR) is 76.1 cm³/mol. The fourth-order valence-electron chi connectivity index (χ4n) is 1.59. The maximum Gasteiger partial charge on any atom is 0.134 e. The Morgan fingerprint density at radius 1 is 1.00 bits per heavy atom. The van der Waals surface area contributed by atoms with Crippen molar-refractivity contribution < 1.29 is 0 Å². The molecule has 1 aromatic heterocycles. The van der Waals surface area contributed by atoms with Crippen LogP contribution in [0.25, 0.3) is 0 Å². The molecule has 0 aliphatic carbocycles. The molecule has 0 unspecified atom stereocenters. The molecule has 1 nitrogen and oxygen atoms in total. The Balaban J connectivity index is 2.33. The summed E-state index contributed by atoms with van der Waals surface area (Å²) in [7, 11) is 0. The highest BCUT2D eigenvalue weighted by Gasteiger charge is 2.08. The van der Waals surface area contributed by atoms with Crippen molar-refractivity contribution in [1.82, 2.24) is 4.98 Å². The Kier molecular flexibility index (Phi) is 4.43. The minimum absolute atomic E-state index is 0.462. The summed E-state index contributed by atoms with van der Waals surface area (Å²) in [6.45, 7) is 0. The third-order valence-electron chi connectivity index (χ3n) is 2.46. The predicted octanol–water partition coefficient (Wildman–Crippen LogP) is 4.87. The molecule has 0 N–H and O–H groups in total. The van der Waals surface area contributed by atoms with Crippen LogP contribution in [-0.4, -0.2) is 4.98 Å². The topological polar surface area (TPSA) is 12.9 Å². The summed E-state index contributed by atoms with van der Waals surface area (Å²) >= 11 is 15.5. The fraction of sp³-hybridized carbons (Fsp3) is 0.154. The van der Waals surface area contributed by atoms with Crippen LogP contribution < -0.4 is 0 Å². The Labute approximate surface area is 119 Å². The van der Waals surface area contributed by atoms with Crippen LogP contribution in [0.3, 0.4) is 0 Å². The van der Waals surface area contributed by atoms with E-state index < -0.39 is 0 Å². The van der Waals surface area contributed by atoms with Crippen LogP contribution in [0.15, 0.2) is 36.4 Å². The molecule has 0 aliphatic rings. The average Bonchev–Trinajstić information content (AvgIpc) is 2.34. The molecule has 1 aromatic carbocycles. The molecule has 0 spiro atoms. The zero-order valence-corrected chi connectivity index (χ0v) is 12.1. The monoisotopic (exact) mass is 329 g/mol. The van der Waals surface area contributed by atoms with Gasteiger partial charge in [-0.25, -0.2) is 4.98 Å². The van der Waals surface area contributed by atoms with Crippen LogP contribution in [0.1, 0.15) is 16.7 Å². The highest BCUT2D eigenvalue weighted by Crippen LogP contribution is 2.25. The van der Waals surface area contributed by atoms with Crippen molar-refractivity contribution >= 4 is 39.1 Å². The second-order valence-electron chi connectivity index (χ2n) is 3.68. The van der Waals surface area contributed by atoms with E-state index in [0.29, 0.717) is 15.6 Å². The lowest BCUT2D eigenvalue weighted by Gasteiger charge is -2.07. The summed E-state index contributed by atoms with van der Waals surface area (Å²) in [5.74, 6) is 0. The van der Waals surface area contributed by atoms with E-state index in [1.807, 2.05) is 24.3 Å². The summed E-state index contributed by atoms with van der Waals surface area (Å²) < 4.78 is 0. The van der Waals surface area contributed by atoms with Crippen LogP contribution in [0.2, 0.25) is 10.3 Å². The lowest BCUT2D eigenvalue weighted by atomic mass is 10.1. The first kappa shape index (κ1) is 12.9. The molecule has 4 heteroatoms. The first-order chi connectivity index (χ1) is 8.20. The zero-order chi connectivity index (χ0) is 12.3. The van der Waals surface area contributed by atoms with E-state index in [1.165, 1.54) is 5.56 Å². The molecule has 1 heterocycles. The Bertz CT molecular complexity index is 514. The van der Waals surface area contributed by atoms with E-state index in [4.69, 9.17) is 23.2 Å². The van der Waals surface area contributed by atoms with Crippen molar-refractivity contribution in [1.29, 1.82) is 0 Å². The summed E-state index contributed by atoms with van der Waals surface area (Å²) in [4.78, 5) is 4.14. The number of alkyl halides is 1. The smallest absolute Gasteiger partial charge is 0.134 e. The van der Waals surface area contributed by atoms with E-state index in [-0.39, 0.29) is 0 Å². The van der Waals surface area contributed by atoms with E-state index in [2.05, 4.69) is 33.0 Å². The van der Waals surface area contributed by atoms with Gasteiger partial charge in [0.05, 0.1) is 0 Å². The summed E-state index contributed by atoms with van der Waals surface area (Å²) in [5.41, 5.74) is 3.16. The van der Waals surface area contributed by atoms with Crippen molar-refractivity contribution in [3.8, 4) is 0 Å². The van der Waals surface area contributed by atoms with Gasteiger partial charge in [0.25, 0.3) is 0 Å². The molecule has 0 amide bonds. The normalized spacial score (nSPS) is 10.5. The van der Waals surface area contributed by atoms with E-state index in [1.54, 1.807) is 0 Å². The van der Waals surface area contributed by atoms with Gasteiger partial charge in [-0.2, -0.15) is 0 Å². The zero-order valence-electron chi connectivity index (χ0n) is 8.96. The Morgan fingerprint density at radius 2 is 1.65 bits per heavy atom. The summed E-state index contributed by atoms with van der Waals surface area (Å²) in [6.07, 6.45) is 0.768. The van der Waals surface area contributed by atoms with Crippen LogP contribution in [-0.2, 0) is 11.8 Å². The number of halogens is 3. The molecule has 2 aromatic rings. The van der Waals surface area contributed by atoms with Crippen molar-refractivity contribution in [2.24, 2.45) is 0 Å². The fourth-order valence-corrected chi connectivity index (χ4v) is 2.64. The number of hydrogen-bond donors (Lipinski definition) is 0. The van der Waals surface area contributed by atoms with Gasteiger partial charge in [0, 0.05) is 17.3 Å². The molecule has 0 atom stereocenters. The second kappa shape index (κ2) is 5.85. The van der Waals surface area contributed by atoms with Gasteiger partial charge in [-0.05, 0) is 17.2 Å². The van der Waals surface area contributed by atoms with Crippen molar-refractivity contribution in [2.45, 2.75) is 11.8 Å². The molecule has 17 heavy (non-hydrogen) atoms. The van der Waals surface area contributed by atoms with Gasteiger partial charge >= 0.3 is 0 Å². The molecule has 2 rings (SSSR count). The molecular weight excluding hydrogens is 321 g/mol. The molecule has 0 fully saturated rings. The standard InChI is InChI=1S/C13H10BrCl2N/c14-8-11-7-10(12(15)17-13(11)16)6-9-4-2-1-3-5-9/h1-5,7H,6,8H2. The lowest BCUT2D eigenvalue weighted by Crippen LogP contribution is -1.95. The van der Waals surface area contributed by atoms with Crippen LogP contribution >= 0.6 is 39.1 Å². The summed E-state index contributed by atoms with van der Waals surface area (Å²) in [5, 5.41) is 1.62. The SMILES string of the molecule is Clc1nc(Cl)c(Cc2ccccc2)cc1CBr. The number of rotatable bonds is 3. The van der Waals surface area contributed by atoms with Gasteiger partial charge < -0.3 is 0 Å². The minimum Gasteiger partial charge on any atom is -0.224 e. The number of benzene rings is 1. The third-order valence-corrected chi connectivity index (χ3v) is 3.71. The number of pyridine rings is 1. The van der Waals surface area contributed by atoms with Crippen LogP contribution in [0, 0.1) is 0 Å². The van der Waals surface area contributed by atoms with E-state index in [0.717, 1.165) is 17.5 Å². The third kappa shape index (κ3) is 3.21. The van der Waals surface area contributed by atoms with Crippen molar-refractivity contribution in [3.63, 3.8) is 0 Å². The number of nitrogens with zero attached hydrogens (tertiary/aromatic N) is 1. The van der Waals surface area contributed by atoms with Crippen molar-refractivity contribution in [3.05, 3.63) is 63.4 Å². The Hall–Kier alpha value is -0.570. The highest BCUT2D eigenvalue weighted by molar-refractivity contribution is 9.08. The maximum atomic E-state index is 6.10. The average molecular weight is 331 g/mol. The molecule has 0 bridgehead atoms. The molecule has 0 aliphatic heterocycles. The molecule has 0 saturated carbocycles. The first-order valence-electron chi connectivity index (χ1n) is 5.14. The van der Waals surface area contributed by atoms with E-state index >= 15 is 0 Å². The molecule has 88 valence electrons. The van der Waals surface area contributed by atoms with Gasteiger partial charge in [0.2, 0.25) is 0 Å². The lowest BCUT2D eigenvalue weighted by molar-refractivity contribution is 1.12. The Morgan fingerprint density at radius 3 is 2.29 bits per heavy atom. The van der Waals surface area contributed by atoms with Gasteiger partial charge in [0.15, 0.2) is 0 Å². The van der Waals surface area contributed by atoms with Gasteiger partial charge in [-0.3, -0.25) is 0 Å². The molecular formula is C13H10BrCl2N. The molecule has 0 saturated heterocycles. The van der Waals surface area contributed by atoms with Gasteiger partial charge in [-0.1, -0.05) is 69.5 Å². The molecule has 0 radical (unpaired) electrons. The highest BCUT2D eigenvalue weighted by atomic mass is 79.9.